The van der Waals surface area contributed by atoms with Crippen LogP contribution in [-0.4, -0.2) is 28.7 Å². The molecule has 3 aromatic carbocycles. The number of carbonyl (C=O) groups is 2. The second-order valence-corrected chi connectivity index (χ2v) is 8.17. The van der Waals surface area contributed by atoms with Crippen LogP contribution in [0.15, 0.2) is 78.9 Å². The number of carbonyl (C=O) groups excluding carboxylic acids is 2. The van der Waals surface area contributed by atoms with Crippen molar-refractivity contribution in [3.05, 3.63) is 107 Å². The SMILES string of the molecule is CCOC(=O)c1ccc(N2C(=O)c3[nH]nc(-c4ccccc4)c3[C@@H]2c2ccc(CC)cc2)cc1. The highest BCUT2D eigenvalue weighted by Crippen LogP contribution is 2.45. The Bertz CT molecular complexity index is 1330. The van der Waals surface area contributed by atoms with Crippen molar-refractivity contribution in [1.82, 2.24) is 10.2 Å². The Labute approximate surface area is 198 Å². The summed E-state index contributed by atoms with van der Waals surface area (Å²) >= 11 is 0. The number of anilines is 1. The molecule has 0 saturated heterocycles. The van der Waals surface area contributed by atoms with Crippen LogP contribution < -0.4 is 4.90 Å². The van der Waals surface area contributed by atoms with Crippen molar-refractivity contribution in [1.29, 1.82) is 0 Å². The zero-order valence-electron chi connectivity index (χ0n) is 19.1. The van der Waals surface area contributed by atoms with Gasteiger partial charge in [-0.2, -0.15) is 5.10 Å². The summed E-state index contributed by atoms with van der Waals surface area (Å²) in [6, 6.07) is 24.8. The van der Waals surface area contributed by atoms with Gasteiger partial charge in [0.05, 0.1) is 23.9 Å². The van der Waals surface area contributed by atoms with E-state index >= 15 is 0 Å². The van der Waals surface area contributed by atoms with E-state index in [0.29, 0.717) is 23.6 Å². The molecule has 0 spiro atoms. The quantitative estimate of drug-likeness (QED) is 0.389. The Kier molecular flexibility index (Phi) is 5.72. The second kappa shape index (κ2) is 8.98. The number of aryl methyl sites for hydroxylation is 1. The summed E-state index contributed by atoms with van der Waals surface area (Å²) in [7, 11) is 0. The van der Waals surface area contributed by atoms with E-state index in [1.165, 1.54) is 5.56 Å². The van der Waals surface area contributed by atoms with Crippen LogP contribution in [0.3, 0.4) is 0 Å². The lowest BCUT2D eigenvalue weighted by atomic mass is 9.95. The molecule has 1 aliphatic rings. The molecule has 1 N–H and O–H groups in total. The molecule has 0 radical (unpaired) electrons. The average Bonchev–Trinajstić information content (AvgIpc) is 3.44. The molecule has 1 amide bonds. The molecule has 0 bridgehead atoms. The predicted octanol–water partition coefficient (Wildman–Crippen LogP) is 5.57. The highest BCUT2D eigenvalue weighted by Gasteiger charge is 2.43. The van der Waals surface area contributed by atoms with Crippen molar-refractivity contribution < 1.29 is 14.3 Å². The number of esters is 1. The van der Waals surface area contributed by atoms with Gasteiger partial charge in [0.25, 0.3) is 5.91 Å². The van der Waals surface area contributed by atoms with Gasteiger partial charge in [0.15, 0.2) is 0 Å². The van der Waals surface area contributed by atoms with Gasteiger partial charge < -0.3 is 4.74 Å². The summed E-state index contributed by atoms with van der Waals surface area (Å²) in [5.41, 5.74) is 6.43. The van der Waals surface area contributed by atoms with Gasteiger partial charge in [0.1, 0.15) is 5.69 Å². The fourth-order valence-electron chi connectivity index (χ4n) is 4.45. The predicted molar refractivity (Wildman–Crippen MR) is 131 cm³/mol. The maximum absolute atomic E-state index is 13.6. The lowest BCUT2D eigenvalue weighted by Crippen LogP contribution is -2.29. The van der Waals surface area contributed by atoms with E-state index in [4.69, 9.17) is 4.74 Å². The molecular weight excluding hydrogens is 426 g/mol. The number of nitrogens with zero attached hydrogens (tertiary/aromatic N) is 2. The van der Waals surface area contributed by atoms with E-state index in [2.05, 4.69) is 41.4 Å². The van der Waals surface area contributed by atoms with Crippen molar-refractivity contribution >= 4 is 17.6 Å². The Hall–Kier alpha value is -4.19. The van der Waals surface area contributed by atoms with Crippen LogP contribution >= 0.6 is 0 Å². The number of fused-ring (bicyclic) bond motifs is 1. The van der Waals surface area contributed by atoms with Crippen LogP contribution in [0.2, 0.25) is 0 Å². The number of ether oxygens (including phenoxy) is 1. The molecule has 34 heavy (non-hydrogen) atoms. The molecule has 2 heterocycles. The summed E-state index contributed by atoms with van der Waals surface area (Å²) in [4.78, 5) is 27.5. The van der Waals surface area contributed by atoms with Crippen LogP contribution in [0, 0.1) is 0 Å². The lowest BCUT2D eigenvalue weighted by Gasteiger charge is -2.27. The van der Waals surface area contributed by atoms with E-state index in [-0.39, 0.29) is 17.9 Å². The van der Waals surface area contributed by atoms with Crippen LogP contribution in [0.25, 0.3) is 11.3 Å². The number of benzene rings is 3. The van der Waals surface area contributed by atoms with Gasteiger partial charge >= 0.3 is 5.97 Å². The van der Waals surface area contributed by atoms with Gasteiger partial charge in [0.2, 0.25) is 0 Å². The molecule has 5 rings (SSSR count). The Balaban J connectivity index is 1.62. The third kappa shape index (κ3) is 3.67. The minimum absolute atomic E-state index is 0.155. The maximum atomic E-state index is 13.6. The van der Waals surface area contributed by atoms with Crippen molar-refractivity contribution in [2.24, 2.45) is 0 Å². The summed E-state index contributed by atoms with van der Waals surface area (Å²) in [6.45, 7) is 4.20. The molecule has 1 atom stereocenters. The molecule has 1 aromatic heterocycles. The van der Waals surface area contributed by atoms with Crippen molar-refractivity contribution in [2.45, 2.75) is 26.3 Å². The van der Waals surface area contributed by atoms with E-state index < -0.39 is 0 Å². The zero-order chi connectivity index (χ0) is 23.7. The van der Waals surface area contributed by atoms with Crippen molar-refractivity contribution in [2.75, 3.05) is 11.5 Å². The molecule has 170 valence electrons. The molecule has 0 fully saturated rings. The van der Waals surface area contributed by atoms with Crippen LogP contribution in [0.4, 0.5) is 5.69 Å². The van der Waals surface area contributed by atoms with Gasteiger partial charge in [-0.15, -0.1) is 0 Å². The maximum Gasteiger partial charge on any atom is 0.338 e. The van der Waals surface area contributed by atoms with Gasteiger partial charge in [-0.05, 0) is 48.7 Å². The van der Waals surface area contributed by atoms with Crippen LogP contribution in [-0.2, 0) is 11.2 Å². The summed E-state index contributed by atoms with van der Waals surface area (Å²) < 4.78 is 5.10. The normalized spacial score (nSPS) is 14.8. The van der Waals surface area contributed by atoms with E-state index in [0.717, 1.165) is 28.8 Å². The van der Waals surface area contributed by atoms with Gasteiger partial charge in [-0.25, -0.2) is 4.79 Å². The first kappa shape index (κ1) is 21.6. The van der Waals surface area contributed by atoms with Crippen molar-refractivity contribution in [3.63, 3.8) is 0 Å². The first-order valence-electron chi connectivity index (χ1n) is 11.5. The number of hydrogen-bond acceptors (Lipinski definition) is 4. The molecule has 0 unspecified atom stereocenters. The summed E-state index contributed by atoms with van der Waals surface area (Å²) in [5, 5.41) is 7.51. The Morgan fingerprint density at radius 1 is 0.971 bits per heavy atom. The smallest absolute Gasteiger partial charge is 0.338 e. The average molecular weight is 452 g/mol. The van der Waals surface area contributed by atoms with Crippen LogP contribution in [0.1, 0.15) is 57.4 Å². The zero-order valence-corrected chi connectivity index (χ0v) is 19.1. The first-order chi connectivity index (χ1) is 16.6. The van der Waals surface area contributed by atoms with E-state index in [9.17, 15) is 9.59 Å². The summed E-state index contributed by atoms with van der Waals surface area (Å²) in [6.07, 6.45) is 0.940. The van der Waals surface area contributed by atoms with E-state index in [1.807, 2.05) is 30.3 Å². The Morgan fingerprint density at radius 3 is 2.32 bits per heavy atom. The number of aromatic nitrogens is 2. The van der Waals surface area contributed by atoms with E-state index in [1.54, 1.807) is 36.1 Å². The van der Waals surface area contributed by atoms with Crippen LogP contribution in [0.5, 0.6) is 0 Å². The van der Waals surface area contributed by atoms with Gasteiger partial charge in [-0.1, -0.05) is 61.5 Å². The minimum Gasteiger partial charge on any atom is -0.462 e. The topological polar surface area (TPSA) is 75.3 Å². The molecule has 0 aliphatic carbocycles. The number of amides is 1. The second-order valence-electron chi connectivity index (χ2n) is 8.17. The monoisotopic (exact) mass is 451 g/mol. The molecule has 6 heteroatoms. The Morgan fingerprint density at radius 2 is 1.68 bits per heavy atom. The van der Waals surface area contributed by atoms with Crippen molar-refractivity contribution in [3.8, 4) is 11.3 Å². The highest BCUT2D eigenvalue weighted by molar-refractivity contribution is 6.12. The number of H-pyrrole nitrogens is 1. The van der Waals surface area contributed by atoms with Gasteiger partial charge in [-0.3, -0.25) is 14.8 Å². The lowest BCUT2D eigenvalue weighted by molar-refractivity contribution is 0.0526. The number of hydrogen-bond donors (Lipinski definition) is 1. The standard InChI is InChI=1S/C28H25N3O3/c1-3-18-10-12-20(13-11-18)26-23-24(19-8-6-5-7-9-19)29-30-25(23)27(32)31(26)22-16-14-21(15-17-22)28(33)34-4-2/h5-17,26H,3-4H2,1-2H3,(H,29,30)/t26-/m0/s1. The number of nitrogens with one attached hydrogen (secondary N) is 1. The third-order valence-electron chi connectivity index (χ3n) is 6.18. The molecule has 1 aliphatic heterocycles. The highest BCUT2D eigenvalue weighted by atomic mass is 16.5. The molecule has 0 saturated carbocycles. The fraction of sp³-hybridized carbons (Fsp3) is 0.179. The number of rotatable bonds is 6. The molecule has 4 aromatic rings. The largest absolute Gasteiger partial charge is 0.462 e. The molecule has 6 nitrogen and oxygen atoms in total. The fourth-order valence-corrected chi connectivity index (χ4v) is 4.45. The first-order valence-corrected chi connectivity index (χ1v) is 11.5. The van der Waals surface area contributed by atoms with Gasteiger partial charge in [0, 0.05) is 16.8 Å². The molecular formula is C28H25N3O3. The minimum atomic E-state index is -0.380. The number of aromatic amines is 1. The summed E-state index contributed by atoms with van der Waals surface area (Å²) in [5.74, 6) is -0.535. The third-order valence-corrected chi connectivity index (χ3v) is 6.18.